The summed E-state index contributed by atoms with van der Waals surface area (Å²) in [4.78, 5) is 16.2. The van der Waals surface area contributed by atoms with Crippen LogP contribution in [0.2, 0.25) is 0 Å². The van der Waals surface area contributed by atoms with Gasteiger partial charge < -0.3 is 9.84 Å². The van der Waals surface area contributed by atoms with Crippen LogP contribution in [-0.4, -0.2) is 16.0 Å². The Morgan fingerprint density at radius 2 is 2.00 bits per heavy atom. The van der Waals surface area contributed by atoms with Crippen molar-refractivity contribution in [2.75, 3.05) is 0 Å². The minimum atomic E-state index is 0.0102. The van der Waals surface area contributed by atoms with Crippen molar-refractivity contribution in [2.45, 2.75) is 51.0 Å². The molecular formula is C17H21N3O2. The predicted octanol–water partition coefficient (Wildman–Crippen LogP) is 2.98. The zero-order valence-electron chi connectivity index (χ0n) is 12.6. The monoisotopic (exact) mass is 299 g/mol. The fourth-order valence-corrected chi connectivity index (χ4v) is 2.85. The molecule has 1 N–H and O–H groups in total. The Bertz CT molecular complexity index is 603. The molecule has 1 aromatic heterocycles. The van der Waals surface area contributed by atoms with E-state index in [0.29, 0.717) is 24.7 Å². The Morgan fingerprint density at radius 1 is 1.23 bits per heavy atom. The van der Waals surface area contributed by atoms with Gasteiger partial charge in [0.2, 0.25) is 11.8 Å². The average Bonchev–Trinajstić information content (AvgIpc) is 3.22. The van der Waals surface area contributed by atoms with E-state index < -0.39 is 0 Å². The summed E-state index contributed by atoms with van der Waals surface area (Å²) in [5.41, 5.74) is 1.17. The first-order chi connectivity index (χ1) is 10.8. The molecule has 0 unspecified atom stereocenters. The number of carbonyl (C=O) groups excluding carboxylic acids is 1. The standard InChI is InChI=1S/C17H21N3O2/c21-16(11-10-13-6-2-1-3-7-13)18-12-15-19-17(22-20-15)14-8-4-5-9-14/h1-3,6-7,14H,4-5,8-12H2,(H,18,21). The zero-order valence-corrected chi connectivity index (χ0v) is 12.6. The number of hydrogen-bond acceptors (Lipinski definition) is 4. The normalized spacial score (nSPS) is 15.1. The number of amides is 1. The van der Waals surface area contributed by atoms with E-state index in [-0.39, 0.29) is 5.91 Å². The number of carbonyl (C=O) groups is 1. The lowest BCUT2D eigenvalue weighted by Crippen LogP contribution is -2.23. The maximum absolute atomic E-state index is 11.9. The van der Waals surface area contributed by atoms with Crippen LogP contribution in [0.25, 0.3) is 0 Å². The molecule has 1 aromatic carbocycles. The smallest absolute Gasteiger partial charge is 0.229 e. The van der Waals surface area contributed by atoms with E-state index in [2.05, 4.69) is 15.5 Å². The Labute approximate surface area is 130 Å². The fraction of sp³-hybridized carbons (Fsp3) is 0.471. The van der Waals surface area contributed by atoms with Crippen LogP contribution in [0.4, 0.5) is 0 Å². The third kappa shape index (κ3) is 3.93. The molecule has 0 atom stereocenters. The first-order valence-electron chi connectivity index (χ1n) is 7.94. The van der Waals surface area contributed by atoms with Gasteiger partial charge in [0.1, 0.15) is 0 Å². The Kier molecular flexibility index (Phi) is 4.83. The summed E-state index contributed by atoms with van der Waals surface area (Å²) >= 11 is 0. The van der Waals surface area contributed by atoms with E-state index in [1.165, 1.54) is 18.4 Å². The second kappa shape index (κ2) is 7.20. The lowest BCUT2D eigenvalue weighted by atomic mass is 10.1. The quantitative estimate of drug-likeness (QED) is 0.890. The second-order valence-electron chi connectivity index (χ2n) is 5.79. The number of hydrogen-bond donors (Lipinski definition) is 1. The summed E-state index contributed by atoms with van der Waals surface area (Å²) in [6, 6.07) is 10.00. The number of nitrogens with one attached hydrogen (secondary N) is 1. The van der Waals surface area contributed by atoms with Gasteiger partial charge in [0.05, 0.1) is 6.54 Å². The van der Waals surface area contributed by atoms with Gasteiger partial charge in [0, 0.05) is 12.3 Å². The predicted molar refractivity (Wildman–Crippen MR) is 82.1 cm³/mol. The SMILES string of the molecule is O=C(CCc1ccccc1)NCc1noc(C2CCCC2)n1. The van der Waals surface area contributed by atoms with Crippen molar-refractivity contribution in [2.24, 2.45) is 0 Å². The maximum atomic E-state index is 11.9. The number of aryl methyl sites for hydroxylation is 1. The highest BCUT2D eigenvalue weighted by molar-refractivity contribution is 5.76. The molecule has 0 radical (unpaired) electrons. The largest absolute Gasteiger partial charge is 0.349 e. The highest BCUT2D eigenvalue weighted by Crippen LogP contribution is 2.32. The van der Waals surface area contributed by atoms with Crippen molar-refractivity contribution < 1.29 is 9.32 Å². The molecule has 0 aliphatic heterocycles. The van der Waals surface area contributed by atoms with Crippen molar-refractivity contribution in [1.82, 2.24) is 15.5 Å². The van der Waals surface area contributed by atoms with Crippen LogP contribution < -0.4 is 5.32 Å². The molecular weight excluding hydrogens is 278 g/mol. The van der Waals surface area contributed by atoms with Crippen molar-refractivity contribution in [3.05, 3.63) is 47.6 Å². The molecule has 1 heterocycles. The molecule has 0 bridgehead atoms. The van der Waals surface area contributed by atoms with Gasteiger partial charge in [-0.25, -0.2) is 0 Å². The van der Waals surface area contributed by atoms with E-state index in [1.807, 2.05) is 30.3 Å². The van der Waals surface area contributed by atoms with Crippen LogP contribution in [0.15, 0.2) is 34.9 Å². The molecule has 116 valence electrons. The van der Waals surface area contributed by atoms with Crippen LogP contribution in [0.3, 0.4) is 0 Å². The number of benzene rings is 1. The van der Waals surface area contributed by atoms with Gasteiger partial charge in [-0.05, 0) is 24.8 Å². The molecule has 2 aromatic rings. The molecule has 1 amide bonds. The van der Waals surface area contributed by atoms with E-state index in [4.69, 9.17) is 4.52 Å². The molecule has 1 fully saturated rings. The molecule has 3 rings (SSSR count). The summed E-state index contributed by atoms with van der Waals surface area (Å²) in [6.45, 7) is 0.337. The van der Waals surface area contributed by atoms with Crippen molar-refractivity contribution in [1.29, 1.82) is 0 Å². The lowest BCUT2D eigenvalue weighted by molar-refractivity contribution is -0.121. The van der Waals surface area contributed by atoms with E-state index in [9.17, 15) is 4.79 Å². The first-order valence-corrected chi connectivity index (χ1v) is 7.94. The summed E-state index contributed by atoms with van der Waals surface area (Å²) in [7, 11) is 0. The molecule has 1 aliphatic rings. The summed E-state index contributed by atoms with van der Waals surface area (Å²) in [5, 5.41) is 6.80. The van der Waals surface area contributed by atoms with Crippen LogP contribution in [0.5, 0.6) is 0 Å². The minimum absolute atomic E-state index is 0.0102. The van der Waals surface area contributed by atoms with Crippen LogP contribution >= 0.6 is 0 Å². The number of aromatic nitrogens is 2. The summed E-state index contributed by atoms with van der Waals surface area (Å²) in [6.07, 6.45) is 5.94. The van der Waals surface area contributed by atoms with E-state index >= 15 is 0 Å². The fourth-order valence-electron chi connectivity index (χ4n) is 2.85. The second-order valence-corrected chi connectivity index (χ2v) is 5.79. The van der Waals surface area contributed by atoms with Crippen molar-refractivity contribution in [3.63, 3.8) is 0 Å². The first kappa shape index (κ1) is 14.8. The van der Waals surface area contributed by atoms with Crippen LogP contribution in [0, 0.1) is 0 Å². The topological polar surface area (TPSA) is 68.0 Å². The highest BCUT2D eigenvalue weighted by Gasteiger charge is 2.22. The van der Waals surface area contributed by atoms with Gasteiger partial charge >= 0.3 is 0 Å². The molecule has 5 heteroatoms. The Balaban J connectivity index is 1.43. The molecule has 22 heavy (non-hydrogen) atoms. The van der Waals surface area contributed by atoms with E-state index in [0.717, 1.165) is 25.2 Å². The molecule has 0 spiro atoms. The lowest BCUT2D eigenvalue weighted by Gasteiger charge is -2.03. The third-order valence-corrected chi connectivity index (χ3v) is 4.12. The van der Waals surface area contributed by atoms with Gasteiger partial charge in [-0.1, -0.05) is 48.3 Å². The summed E-state index contributed by atoms with van der Waals surface area (Å²) in [5.74, 6) is 1.71. The maximum Gasteiger partial charge on any atom is 0.229 e. The molecule has 5 nitrogen and oxygen atoms in total. The van der Waals surface area contributed by atoms with Gasteiger partial charge in [0.25, 0.3) is 0 Å². The molecule has 1 saturated carbocycles. The van der Waals surface area contributed by atoms with Crippen molar-refractivity contribution >= 4 is 5.91 Å². The van der Waals surface area contributed by atoms with Crippen molar-refractivity contribution in [3.8, 4) is 0 Å². The Hall–Kier alpha value is -2.17. The summed E-state index contributed by atoms with van der Waals surface area (Å²) < 4.78 is 5.30. The Morgan fingerprint density at radius 3 is 2.77 bits per heavy atom. The van der Waals surface area contributed by atoms with Gasteiger partial charge in [-0.2, -0.15) is 4.98 Å². The number of nitrogens with zero attached hydrogens (tertiary/aromatic N) is 2. The molecule has 1 aliphatic carbocycles. The number of rotatable bonds is 6. The minimum Gasteiger partial charge on any atom is -0.349 e. The van der Waals surface area contributed by atoms with E-state index in [1.54, 1.807) is 0 Å². The van der Waals surface area contributed by atoms with Gasteiger partial charge in [-0.15, -0.1) is 0 Å². The average molecular weight is 299 g/mol. The third-order valence-electron chi connectivity index (χ3n) is 4.12. The van der Waals surface area contributed by atoms with Gasteiger partial charge in [-0.3, -0.25) is 4.79 Å². The van der Waals surface area contributed by atoms with Crippen LogP contribution in [-0.2, 0) is 17.8 Å². The highest BCUT2D eigenvalue weighted by atomic mass is 16.5. The van der Waals surface area contributed by atoms with Gasteiger partial charge in [0.15, 0.2) is 5.82 Å². The molecule has 0 saturated heterocycles. The zero-order chi connectivity index (χ0) is 15.2. The van der Waals surface area contributed by atoms with Crippen LogP contribution in [0.1, 0.15) is 55.3 Å².